The van der Waals surface area contributed by atoms with Crippen LogP contribution in [-0.4, -0.2) is 52.9 Å². The van der Waals surface area contributed by atoms with E-state index in [0.717, 1.165) is 48.3 Å². The molecule has 4 rings (SSSR count). The van der Waals surface area contributed by atoms with Crippen molar-refractivity contribution in [2.45, 2.75) is 32.6 Å². The summed E-state index contributed by atoms with van der Waals surface area (Å²) >= 11 is 0. The Kier molecular flexibility index (Phi) is 5.79. The molecular weight excluding hydrogens is 364 g/mol. The molecule has 2 fully saturated rings. The van der Waals surface area contributed by atoms with Crippen LogP contribution in [0.2, 0.25) is 0 Å². The van der Waals surface area contributed by atoms with Crippen LogP contribution < -0.4 is 5.32 Å². The molecule has 1 N–H and O–H groups in total. The fourth-order valence-corrected chi connectivity index (χ4v) is 4.16. The van der Waals surface area contributed by atoms with E-state index in [-0.39, 0.29) is 17.9 Å². The van der Waals surface area contributed by atoms with Gasteiger partial charge in [-0.15, -0.1) is 0 Å². The second-order valence-corrected chi connectivity index (χ2v) is 7.99. The van der Waals surface area contributed by atoms with Crippen LogP contribution in [-0.2, 0) is 4.79 Å². The van der Waals surface area contributed by atoms with Gasteiger partial charge in [0.25, 0.3) is 0 Å². The highest BCUT2D eigenvalue weighted by Crippen LogP contribution is 2.27. The summed E-state index contributed by atoms with van der Waals surface area (Å²) in [4.78, 5) is 33.3. The number of amides is 3. The van der Waals surface area contributed by atoms with Gasteiger partial charge in [-0.25, -0.2) is 4.79 Å². The molecule has 0 atom stereocenters. The number of likely N-dealkylation sites (tertiary alicyclic amines) is 2. The molecular formula is C23H28N4O2. The monoisotopic (exact) mass is 392 g/mol. The van der Waals surface area contributed by atoms with Crippen molar-refractivity contribution in [3.05, 3.63) is 48.3 Å². The fraction of sp³-hybridized carbons (Fsp3) is 0.435. The van der Waals surface area contributed by atoms with Crippen molar-refractivity contribution in [1.29, 1.82) is 0 Å². The fourth-order valence-electron chi connectivity index (χ4n) is 4.16. The van der Waals surface area contributed by atoms with Gasteiger partial charge >= 0.3 is 6.03 Å². The van der Waals surface area contributed by atoms with E-state index in [1.165, 1.54) is 0 Å². The van der Waals surface area contributed by atoms with Crippen molar-refractivity contribution in [2.75, 3.05) is 31.5 Å². The van der Waals surface area contributed by atoms with Crippen LogP contribution in [0.15, 0.2) is 42.7 Å². The highest BCUT2D eigenvalue weighted by atomic mass is 16.2. The van der Waals surface area contributed by atoms with Gasteiger partial charge in [0, 0.05) is 50.2 Å². The average Bonchev–Trinajstić information content (AvgIpc) is 3.30. The Morgan fingerprint density at radius 2 is 1.59 bits per heavy atom. The van der Waals surface area contributed by atoms with E-state index in [0.29, 0.717) is 25.9 Å². The number of aryl methyl sites for hydroxylation is 1. The molecule has 1 aromatic heterocycles. The van der Waals surface area contributed by atoms with Crippen molar-refractivity contribution in [2.24, 2.45) is 5.92 Å². The van der Waals surface area contributed by atoms with Crippen LogP contribution in [0.25, 0.3) is 11.1 Å². The van der Waals surface area contributed by atoms with Crippen molar-refractivity contribution in [1.82, 2.24) is 14.8 Å². The third-order valence-electron chi connectivity index (χ3n) is 6.02. The molecule has 0 aliphatic carbocycles. The predicted octanol–water partition coefficient (Wildman–Crippen LogP) is 3.92. The van der Waals surface area contributed by atoms with Crippen molar-refractivity contribution < 1.29 is 9.59 Å². The molecule has 3 amide bonds. The molecule has 0 bridgehead atoms. The van der Waals surface area contributed by atoms with Crippen LogP contribution in [0.1, 0.15) is 31.2 Å². The molecule has 6 heteroatoms. The number of anilines is 1. The van der Waals surface area contributed by atoms with Crippen molar-refractivity contribution in [3.8, 4) is 11.1 Å². The molecule has 2 saturated heterocycles. The summed E-state index contributed by atoms with van der Waals surface area (Å²) in [7, 11) is 0. The maximum absolute atomic E-state index is 12.9. The molecule has 152 valence electrons. The molecule has 3 heterocycles. The Hall–Kier alpha value is -2.89. The third-order valence-corrected chi connectivity index (χ3v) is 6.02. The molecule has 2 aliphatic heterocycles. The number of aromatic nitrogens is 1. The molecule has 0 radical (unpaired) electrons. The Bertz CT molecular complexity index is 870. The summed E-state index contributed by atoms with van der Waals surface area (Å²) in [5.41, 5.74) is 4.02. The van der Waals surface area contributed by atoms with Gasteiger partial charge in [-0.1, -0.05) is 12.1 Å². The number of rotatable bonds is 3. The second-order valence-electron chi connectivity index (χ2n) is 7.99. The van der Waals surface area contributed by atoms with Gasteiger partial charge in [0.05, 0.1) is 0 Å². The summed E-state index contributed by atoms with van der Waals surface area (Å²) in [6.45, 7) is 5.05. The van der Waals surface area contributed by atoms with Crippen molar-refractivity contribution >= 4 is 17.6 Å². The molecule has 0 spiro atoms. The Morgan fingerprint density at radius 3 is 2.28 bits per heavy atom. The zero-order chi connectivity index (χ0) is 20.2. The van der Waals surface area contributed by atoms with Gasteiger partial charge in [0.15, 0.2) is 0 Å². The number of nitrogens with zero attached hydrogens (tertiary/aromatic N) is 3. The highest BCUT2D eigenvalue weighted by Gasteiger charge is 2.30. The first-order valence-electron chi connectivity index (χ1n) is 10.5. The largest absolute Gasteiger partial charge is 0.326 e. The average molecular weight is 393 g/mol. The Balaban J connectivity index is 1.37. The van der Waals surface area contributed by atoms with E-state index in [2.05, 4.69) is 16.4 Å². The van der Waals surface area contributed by atoms with Gasteiger partial charge < -0.3 is 15.1 Å². The molecule has 2 aliphatic rings. The number of hydrogen-bond donors (Lipinski definition) is 1. The summed E-state index contributed by atoms with van der Waals surface area (Å²) in [5, 5.41) is 3.12. The van der Waals surface area contributed by atoms with Crippen LogP contribution in [0.5, 0.6) is 0 Å². The summed E-state index contributed by atoms with van der Waals surface area (Å²) in [5.74, 6) is -0.00476. The van der Waals surface area contributed by atoms with E-state index < -0.39 is 0 Å². The molecule has 6 nitrogen and oxygen atoms in total. The summed E-state index contributed by atoms with van der Waals surface area (Å²) in [6, 6.07) is 10.2. The Morgan fingerprint density at radius 1 is 0.931 bits per heavy atom. The number of nitrogens with one attached hydrogen (secondary N) is 1. The van der Waals surface area contributed by atoms with Crippen LogP contribution in [0, 0.1) is 12.8 Å². The smallest absolute Gasteiger partial charge is 0.319 e. The lowest BCUT2D eigenvalue weighted by Crippen LogP contribution is -2.47. The van der Waals surface area contributed by atoms with Gasteiger partial charge in [-0.05, 0) is 67.5 Å². The van der Waals surface area contributed by atoms with E-state index in [9.17, 15) is 9.59 Å². The maximum atomic E-state index is 12.9. The topological polar surface area (TPSA) is 65.5 Å². The van der Waals surface area contributed by atoms with E-state index in [1.54, 1.807) is 12.4 Å². The highest BCUT2D eigenvalue weighted by molar-refractivity contribution is 5.94. The van der Waals surface area contributed by atoms with Gasteiger partial charge in [0.2, 0.25) is 5.91 Å². The maximum Gasteiger partial charge on any atom is 0.319 e. The number of urea groups is 1. The lowest BCUT2D eigenvalue weighted by Gasteiger charge is -2.34. The molecule has 0 unspecified atom stereocenters. The third kappa shape index (κ3) is 4.42. The second kappa shape index (κ2) is 8.64. The predicted molar refractivity (Wildman–Crippen MR) is 114 cm³/mol. The van der Waals surface area contributed by atoms with Gasteiger partial charge in [0.1, 0.15) is 0 Å². The minimum absolute atomic E-state index is 0.0493. The zero-order valence-electron chi connectivity index (χ0n) is 16.9. The first-order valence-corrected chi connectivity index (χ1v) is 10.5. The lowest BCUT2D eigenvalue weighted by atomic mass is 9.95. The molecule has 2 aromatic rings. The van der Waals surface area contributed by atoms with E-state index >= 15 is 0 Å². The van der Waals surface area contributed by atoms with E-state index in [4.69, 9.17) is 0 Å². The van der Waals surface area contributed by atoms with Crippen molar-refractivity contribution in [3.63, 3.8) is 0 Å². The van der Waals surface area contributed by atoms with Crippen LogP contribution in [0.4, 0.5) is 10.5 Å². The van der Waals surface area contributed by atoms with Crippen LogP contribution >= 0.6 is 0 Å². The number of pyridine rings is 1. The number of carbonyl (C=O) groups is 2. The SMILES string of the molecule is Cc1ccc(-c2ccncc2)cc1NC(=O)C1CCN(C(=O)N2CCCC2)CC1. The normalized spacial score (nSPS) is 17.4. The molecule has 1 aromatic carbocycles. The number of hydrogen-bond acceptors (Lipinski definition) is 3. The summed E-state index contributed by atoms with van der Waals surface area (Å²) in [6.07, 6.45) is 7.17. The number of carbonyl (C=O) groups excluding carboxylic acids is 2. The summed E-state index contributed by atoms with van der Waals surface area (Å²) < 4.78 is 0. The molecule has 0 saturated carbocycles. The van der Waals surface area contributed by atoms with E-state index in [1.807, 2.05) is 41.0 Å². The standard InChI is InChI=1S/C23H28N4O2/c1-17-4-5-20(18-6-10-24-11-7-18)16-21(17)25-22(28)19-8-14-27(15-9-19)23(29)26-12-2-3-13-26/h4-7,10-11,16,19H,2-3,8-9,12-15H2,1H3,(H,25,28). The number of piperidine rings is 1. The number of benzene rings is 1. The molecule has 29 heavy (non-hydrogen) atoms. The lowest BCUT2D eigenvalue weighted by molar-refractivity contribution is -0.121. The quantitative estimate of drug-likeness (QED) is 0.861. The first kappa shape index (κ1) is 19.4. The van der Waals surface area contributed by atoms with Gasteiger partial charge in [-0.3, -0.25) is 9.78 Å². The minimum Gasteiger partial charge on any atom is -0.326 e. The minimum atomic E-state index is -0.0541. The first-order chi connectivity index (χ1) is 14.1. The Labute approximate surface area is 171 Å². The zero-order valence-corrected chi connectivity index (χ0v) is 16.9. The van der Waals surface area contributed by atoms with Crippen LogP contribution in [0.3, 0.4) is 0 Å². The van der Waals surface area contributed by atoms with Gasteiger partial charge in [-0.2, -0.15) is 0 Å².